The standard InChI is InChI=1S/C28H35FN6O4S/c1-40(37,38)32-28(36)24-17-20(18-33-11-9-22(10-12-33)34-13-15-39-16-14-34)25-26(19-3-2-4-19)31-35(27(25)30-24)23-7-5-21(29)6-8-23/h5-8,17,19,22H,2-4,9-16,18H2,1H3,(H,32,36). The summed E-state index contributed by atoms with van der Waals surface area (Å²) in [6.45, 7) is 5.96. The summed E-state index contributed by atoms with van der Waals surface area (Å²) in [5.74, 6) is -0.858. The van der Waals surface area contributed by atoms with Crippen LogP contribution in [0, 0.1) is 5.82 Å². The molecule has 12 heteroatoms. The molecule has 40 heavy (non-hydrogen) atoms. The quantitative estimate of drug-likeness (QED) is 0.462. The van der Waals surface area contributed by atoms with Gasteiger partial charge in [-0.05, 0) is 74.7 Å². The number of nitrogens with one attached hydrogen (secondary N) is 1. The first kappa shape index (κ1) is 27.3. The number of rotatable bonds is 7. The number of piperidine rings is 1. The van der Waals surface area contributed by atoms with Gasteiger partial charge in [0.05, 0.1) is 30.9 Å². The molecule has 1 aliphatic carbocycles. The lowest BCUT2D eigenvalue weighted by Gasteiger charge is -2.40. The Kier molecular flexibility index (Phi) is 7.60. The van der Waals surface area contributed by atoms with E-state index in [-0.39, 0.29) is 17.4 Å². The first-order valence-electron chi connectivity index (χ1n) is 14.0. The predicted molar refractivity (Wildman–Crippen MR) is 148 cm³/mol. The number of nitrogens with zero attached hydrogens (tertiary/aromatic N) is 5. The molecule has 0 radical (unpaired) electrons. The van der Waals surface area contributed by atoms with Gasteiger partial charge in [-0.15, -0.1) is 0 Å². The van der Waals surface area contributed by atoms with Crippen molar-refractivity contribution in [1.29, 1.82) is 0 Å². The Hall–Kier alpha value is -2.93. The van der Waals surface area contributed by atoms with Gasteiger partial charge < -0.3 is 4.74 Å². The zero-order valence-corrected chi connectivity index (χ0v) is 23.5. The molecule has 0 atom stereocenters. The molecule has 4 heterocycles. The van der Waals surface area contributed by atoms with Crippen LogP contribution in [0.25, 0.3) is 16.7 Å². The van der Waals surface area contributed by atoms with E-state index in [1.54, 1.807) is 22.9 Å². The lowest BCUT2D eigenvalue weighted by molar-refractivity contribution is 0.000257. The van der Waals surface area contributed by atoms with Crippen LogP contribution < -0.4 is 4.72 Å². The molecule has 0 unspecified atom stereocenters. The van der Waals surface area contributed by atoms with Gasteiger partial charge >= 0.3 is 0 Å². The minimum atomic E-state index is -3.78. The molecule has 0 bridgehead atoms. The minimum Gasteiger partial charge on any atom is -0.379 e. The fourth-order valence-electron chi connectivity index (χ4n) is 6.04. The Morgan fingerprint density at radius 3 is 2.40 bits per heavy atom. The highest BCUT2D eigenvalue weighted by Crippen LogP contribution is 2.41. The van der Waals surface area contributed by atoms with E-state index in [0.717, 1.165) is 94.4 Å². The molecule has 1 amide bonds. The maximum Gasteiger partial charge on any atom is 0.283 e. The van der Waals surface area contributed by atoms with Crippen molar-refractivity contribution < 1.29 is 22.3 Å². The second-order valence-corrected chi connectivity index (χ2v) is 12.9. The van der Waals surface area contributed by atoms with Crippen molar-refractivity contribution in [3.63, 3.8) is 0 Å². The van der Waals surface area contributed by atoms with E-state index in [1.807, 2.05) is 0 Å². The number of amides is 1. The van der Waals surface area contributed by atoms with Crippen LogP contribution in [0.1, 0.15) is 59.8 Å². The van der Waals surface area contributed by atoms with Crippen LogP contribution in [-0.2, 0) is 21.3 Å². The fourth-order valence-corrected chi connectivity index (χ4v) is 6.48. The number of fused-ring (bicyclic) bond motifs is 1. The third kappa shape index (κ3) is 5.76. The molecular formula is C28H35FN6O4S. The number of hydrogen-bond acceptors (Lipinski definition) is 8. The van der Waals surface area contributed by atoms with Crippen LogP contribution in [0.15, 0.2) is 30.3 Å². The van der Waals surface area contributed by atoms with Crippen molar-refractivity contribution in [2.45, 2.75) is 50.6 Å². The normalized spacial score (nSPS) is 20.1. The van der Waals surface area contributed by atoms with Crippen LogP contribution >= 0.6 is 0 Å². The van der Waals surface area contributed by atoms with Crippen molar-refractivity contribution in [3.8, 4) is 5.69 Å². The number of likely N-dealkylation sites (tertiary alicyclic amines) is 1. The first-order valence-corrected chi connectivity index (χ1v) is 15.9. The van der Waals surface area contributed by atoms with E-state index in [1.165, 1.54) is 12.1 Å². The second-order valence-electron chi connectivity index (χ2n) is 11.1. The Morgan fingerprint density at radius 2 is 1.77 bits per heavy atom. The number of pyridine rings is 1. The van der Waals surface area contributed by atoms with Crippen LogP contribution in [-0.4, -0.2) is 90.6 Å². The van der Waals surface area contributed by atoms with Crippen molar-refractivity contribution in [2.75, 3.05) is 45.6 Å². The number of benzene rings is 1. The maximum absolute atomic E-state index is 13.7. The lowest BCUT2D eigenvalue weighted by atomic mass is 9.81. The topological polar surface area (TPSA) is 110 Å². The minimum absolute atomic E-state index is 0.0135. The van der Waals surface area contributed by atoms with Crippen molar-refractivity contribution in [3.05, 3.63) is 53.1 Å². The Morgan fingerprint density at radius 1 is 1.07 bits per heavy atom. The predicted octanol–water partition coefficient (Wildman–Crippen LogP) is 2.81. The maximum atomic E-state index is 13.7. The number of halogens is 1. The fraction of sp³-hybridized carbons (Fsp3) is 0.536. The Balaban J connectivity index is 1.38. The molecule has 1 saturated carbocycles. The molecule has 1 N–H and O–H groups in total. The smallest absolute Gasteiger partial charge is 0.283 e. The largest absolute Gasteiger partial charge is 0.379 e. The van der Waals surface area contributed by atoms with Gasteiger partial charge in [0, 0.05) is 37.0 Å². The number of hydrogen-bond donors (Lipinski definition) is 1. The van der Waals surface area contributed by atoms with Gasteiger partial charge in [0.1, 0.15) is 11.5 Å². The summed E-state index contributed by atoms with van der Waals surface area (Å²) >= 11 is 0. The summed E-state index contributed by atoms with van der Waals surface area (Å²) in [7, 11) is -3.78. The van der Waals surface area contributed by atoms with E-state index in [0.29, 0.717) is 23.9 Å². The summed E-state index contributed by atoms with van der Waals surface area (Å²) in [6.07, 6.45) is 6.23. The van der Waals surface area contributed by atoms with Crippen LogP contribution in [0.4, 0.5) is 4.39 Å². The van der Waals surface area contributed by atoms with Crippen LogP contribution in [0.5, 0.6) is 0 Å². The zero-order chi connectivity index (χ0) is 27.9. The average Bonchev–Trinajstić information content (AvgIpc) is 3.27. The van der Waals surface area contributed by atoms with Gasteiger partial charge in [-0.25, -0.2) is 27.2 Å². The molecule has 10 nitrogen and oxygen atoms in total. The number of carbonyl (C=O) groups is 1. The summed E-state index contributed by atoms with van der Waals surface area (Å²) in [5.41, 5.74) is 2.96. The molecule has 3 aromatic rings. The van der Waals surface area contributed by atoms with Gasteiger partial charge in [0.25, 0.3) is 5.91 Å². The van der Waals surface area contributed by atoms with Gasteiger partial charge in [-0.3, -0.25) is 14.6 Å². The molecular weight excluding hydrogens is 535 g/mol. The molecule has 2 aromatic heterocycles. The molecule has 2 aliphatic heterocycles. The van der Waals surface area contributed by atoms with E-state index in [4.69, 9.17) is 9.84 Å². The average molecular weight is 571 g/mol. The third-order valence-electron chi connectivity index (χ3n) is 8.33. The van der Waals surface area contributed by atoms with Crippen LogP contribution in [0.2, 0.25) is 0 Å². The highest BCUT2D eigenvalue weighted by atomic mass is 32.2. The molecule has 2 saturated heterocycles. The Bertz CT molecular complexity index is 1490. The highest BCUT2D eigenvalue weighted by molar-refractivity contribution is 7.89. The zero-order valence-electron chi connectivity index (χ0n) is 22.7. The number of ether oxygens (including phenoxy) is 1. The molecule has 1 aromatic carbocycles. The van der Waals surface area contributed by atoms with Crippen LogP contribution in [0.3, 0.4) is 0 Å². The van der Waals surface area contributed by atoms with E-state index in [9.17, 15) is 17.6 Å². The number of carbonyl (C=O) groups excluding carboxylic acids is 1. The molecule has 0 spiro atoms. The lowest BCUT2D eigenvalue weighted by Crippen LogP contribution is -2.48. The second kappa shape index (κ2) is 11.2. The van der Waals surface area contributed by atoms with Crippen molar-refractivity contribution in [2.24, 2.45) is 0 Å². The summed E-state index contributed by atoms with van der Waals surface area (Å²) in [4.78, 5) is 22.6. The summed E-state index contributed by atoms with van der Waals surface area (Å²) in [5, 5.41) is 5.86. The van der Waals surface area contributed by atoms with Gasteiger partial charge in [0.2, 0.25) is 10.0 Å². The van der Waals surface area contributed by atoms with E-state index >= 15 is 0 Å². The molecule has 214 valence electrons. The number of aromatic nitrogens is 3. The summed E-state index contributed by atoms with van der Waals surface area (Å²) in [6, 6.07) is 8.26. The van der Waals surface area contributed by atoms with E-state index in [2.05, 4.69) is 19.5 Å². The van der Waals surface area contributed by atoms with Crippen molar-refractivity contribution in [1.82, 2.24) is 29.3 Å². The van der Waals surface area contributed by atoms with Gasteiger partial charge in [-0.1, -0.05) is 6.42 Å². The van der Waals surface area contributed by atoms with Gasteiger partial charge in [0.15, 0.2) is 5.65 Å². The van der Waals surface area contributed by atoms with E-state index < -0.39 is 15.9 Å². The molecule has 6 rings (SSSR count). The monoisotopic (exact) mass is 570 g/mol. The Labute approximate surface area is 233 Å². The summed E-state index contributed by atoms with van der Waals surface area (Å²) < 4.78 is 46.7. The van der Waals surface area contributed by atoms with Crippen molar-refractivity contribution >= 4 is 27.0 Å². The number of sulfonamides is 1. The van der Waals surface area contributed by atoms with Gasteiger partial charge in [-0.2, -0.15) is 5.10 Å². The SMILES string of the molecule is CS(=O)(=O)NC(=O)c1cc(CN2CCC(N3CCOCC3)CC2)c2c(C3CCC3)nn(-c3ccc(F)cc3)c2n1. The first-order chi connectivity index (χ1) is 19.2. The number of morpholine rings is 1. The highest BCUT2D eigenvalue weighted by Gasteiger charge is 2.31. The third-order valence-corrected chi connectivity index (χ3v) is 8.89. The molecule has 3 aliphatic rings. The molecule has 3 fully saturated rings.